The molecule has 1 atom stereocenters. The Kier molecular flexibility index (Phi) is 5.29. The van der Waals surface area contributed by atoms with Crippen molar-refractivity contribution in [2.45, 2.75) is 19.4 Å². The highest BCUT2D eigenvalue weighted by Crippen LogP contribution is 2.25. The van der Waals surface area contributed by atoms with Gasteiger partial charge in [0.1, 0.15) is 0 Å². The summed E-state index contributed by atoms with van der Waals surface area (Å²) in [7, 11) is 3.75. The van der Waals surface area contributed by atoms with E-state index in [1.165, 1.54) is 0 Å². The van der Waals surface area contributed by atoms with Gasteiger partial charge in [0, 0.05) is 38.6 Å². The zero-order chi connectivity index (χ0) is 12.0. The van der Waals surface area contributed by atoms with Crippen molar-refractivity contribution >= 4 is 5.69 Å². The van der Waals surface area contributed by atoms with Crippen molar-refractivity contribution in [2.75, 3.05) is 32.2 Å². The van der Waals surface area contributed by atoms with Crippen molar-refractivity contribution in [1.29, 1.82) is 0 Å². The van der Waals surface area contributed by atoms with Gasteiger partial charge >= 0.3 is 0 Å². The standard InChI is InChI=1S/C13H21NO2/c1-11(15)12-7-4-5-8-13(12)14(2)9-6-10-16-3/h4-5,7-8,11,15H,6,9-10H2,1-3H3. The number of anilines is 1. The molecule has 0 aliphatic carbocycles. The summed E-state index contributed by atoms with van der Waals surface area (Å²) in [5.74, 6) is 0. The fourth-order valence-corrected chi connectivity index (χ4v) is 1.75. The van der Waals surface area contributed by atoms with Gasteiger partial charge in [0.15, 0.2) is 0 Å². The maximum atomic E-state index is 9.67. The molecule has 16 heavy (non-hydrogen) atoms. The Morgan fingerprint density at radius 3 is 2.69 bits per heavy atom. The second kappa shape index (κ2) is 6.51. The van der Waals surface area contributed by atoms with Crippen molar-refractivity contribution in [1.82, 2.24) is 0 Å². The summed E-state index contributed by atoms with van der Waals surface area (Å²) >= 11 is 0. The molecular formula is C13H21NO2. The smallest absolute Gasteiger partial charge is 0.0781 e. The fraction of sp³-hybridized carbons (Fsp3) is 0.538. The van der Waals surface area contributed by atoms with Gasteiger partial charge in [-0.3, -0.25) is 0 Å². The number of para-hydroxylation sites is 1. The van der Waals surface area contributed by atoms with Crippen molar-refractivity contribution < 1.29 is 9.84 Å². The number of ether oxygens (including phenoxy) is 1. The number of nitrogens with zero attached hydrogens (tertiary/aromatic N) is 1. The third-order valence-corrected chi connectivity index (χ3v) is 2.64. The molecule has 0 saturated carbocycles. The monoisotopic (exact) mass is 223 g/mol. The highest BCUT2D eigenvalue weighted by Gasteiger charge is 2.10. The SMILES string of the molecule is COCCCN(C)c1ccccc1C(C)O. The third kappa shape index (κ3) is 3.51. The van der Waals surface area contributed by atoms with Gasteiger partial charge < -0.3 is 14.7 Å². The topological polar surface area (TPSA) is 32.7 Å². The number of hydrogen-bond donors (Lipinski definition) is 1. The van der Waals surface area contributed by atoms with Gasteiger partial charge in [-0.25, -0.2) is 0 Å². The van der Waals surface area contributed by atoms with Crippen LogP contribution < -0.4 is 4.90 Å². The molecule has 1 aromatic rings. The number of hydrogen-bond acceptors (Lipinski definition) is 3. The summed E-state index contributed by atoms with van der Waals surface area (Å²) in [6.07, 6.45) is 0.558. The first kappa shape index (κ1) is 13.0. The maximum Gasteiger partial charge on any atom is 0.0781 e. The van der Waals surface area contributed by atoms with E-state index in [0.29, 0.717) is 0 Å². The highest BCUT2D eigenvalue weighted by molar-refractivity contribution is 5.53. The molecule has 3 nitrogen and oxygen atoms in total. The summed E-state index contributed by atoms with van der Waals surface area (Å²) in [5, 5.41) is 9.67. The molecule has 1 unspecified atom stereocenters. The Morgan fingerprint density at radius 2 is 2.06 bits per heavy atom. The molecule has 0 aliphatic rings. The molecule has 3 heteroatoms. The van der Waals surface area contributed by atoms with Crippen LogP contribution in [0.25, 0.3) is 0 Å². The molecule has 0 saturated heterocycles. The van der Waals surface area contributed by atoms with Crippen LogP contribution in [0.15, 0.2) is 24.3 Å². The Hall–Kier alpha value is -1.06. The Morgan fingerprint density at radius 1 is 1.38 bits per heavy atom. The van der Waals surface area contributed by atoms with Crippen LogP contribution in [0.2, 0.25) is 0 Å². The molecule has 0 heterocycles. The van der Waals surface area contributed by atoms with E-state index >= 15 is 0 Å². The van der Waals surface area contributed by atoms with Crippen molar-refractivity contribution in [3.05, 3.63) is 29.8 Å². The van der Waals surface area contributed by atoms with E-state index in [1.54, 1.807) is 14.0 Å². The normalized spacial score (nSPS) is 12.5. The maximum absolute atomic E-state index is 9.67. The lowest BCUT2D eigenvalue weighted by molar-refractivity contribution is 0.195. The van der Waals surface area contributed by atoms with Crippen molar-refractivity contribution in [2.24, 2.45) is 0 Å². The van der Waals surface area contributed by atoms with E-state index in [1.807, 2.05) is 31.3 Å². The average molecular weight is 223 g/mol. The fourth-order valence-electron chi connectivity index (χ4n) is 1.75. The lowest BCUT2D eigenvalue weighted by Gasteiger charge is -2.23. The second-order valence-corrected chi connectivity index (χ2v) is 4.00. The minimum Gasteiger partial charge on any atom is -0.389 e. The summed E-state index contributed by atoms with van der Waals surface area (Å²) in [5.41, 5.74) is 2.07. The molecule has 1 aromatic carbocycles. The highest BCUT2D eigenvalue weighted by atomic mass is 16.5. The predicted molar refractivity (Wildman–Crippen MR) is 66.8 cm³/mol. The zero-order valence-electron chi connectivity index (χ0n) is 10.3. The first-order valence-electron chi connectivity index (χ1n) is 5.64. The summed E-state index contributed by atoms with van der Waals surface area (Å²) in [6, 6.07) is 7.95. The van der Waals surface area contributed by atoms with Gasteiger partial charge in [0.25, 0.3) is 0 Å². The predicted octanol–water partition coefficient (Wildman–Crippen LogP) is 2.21. The second-order valence-electron chi connectivity index (χ2n) is 4.00. The van der Waals surface area contributed by atoms with E-state index in [9.17, 15) is 5.11 Å². The molecule has 1 rings (SSSR count). The lowest BCUT2D eigenvalue weighted by Crippen LogP contribution is -2.21. The summed E-state index contributed by atoms with van der Waals surface area (Å²) in [6.45, 7) is 3.49. The molecule has 0 fully saturated rings. The molecule has 0 amide bonds. The van der Waals surface area contributed by atoms with E-state index in [0.717, 1.165) is 30.8 Å². The molecule has 90 valence electrons. The first-order valence-corrected chi connectivity index (χ1v) is 5.64. The molecule has 0 bridgehead atoms. The van der Waals surface area contributed by atoms with Crippen LogP contribution in [0.5, 0.6) is 0 Å². The van der Waals surface area contributed by atoms with E-state index in [2.05, 4.69) is 4.90 Å². The number of rotatable bonds is 6. The zero-order valence-corrected chi connectivity index (χ0v) is 10.3. The number of benzene rings is 1. The van der Waals surface area contributed by atoms with Crippen LogP contribution in [0.1, 0.15) is 25.0 Å². The van der Waals surface area contributed by atoms with Crippen LogP contribution in [0.4, 0.5) is 5.69 Å². The molecule has 0 aliphatic heterocycles. The van der Waals surface area contributed by atoms with Crippen molar-refractivity contribution in [3.63, 3.8) is 0 Å². The lowest BCUT2D eigenvalue weighted by atomic mass is 10.1. The number of aliphatic hydroxyl groups is 1. The quantitative estimate of drug-likeness (QED) is 0.751. The average Bonchev–Trinajstić information content (AvgIpc) is 2.29. The molecule has 0 spiro atoms. The molecule has 0 radical (unpaired) electrons. The summed E-state index contributed by atoms with van der Waals surface area (Å²) in [4.78, 5) is 2.15. The van der Waals surface area contributed by atoms with Gasteiger partial charge in [-0.1, -0.05) is 18.2 Å². The van der Waals surface area contributed by atoms with E-state index < -0.39 is 6.10 Å². The molecule has 1 N–H and O–H groups in total. The number of methoxy groups -OCH3 is 1. The van der Waals surface area contributed by atoms with Gasteiger partial charge in [0.05, 0.1) is 6.10 Å². The largest absolute Gasteiger partial charge is 0.389 e. The third-order valence-electron chi connectivity index (χ3n) is 2.64. The van der Waals surface area contributed by atoms with Crippen LogP contribution >= 0.6 is 0 Å². The Labute approximate surface area is 97.7 Å². The summed E-state index contributed by atoms with van der Waals surface area (Å²) < 4.78 is 5.03. The minimum atomic E-state index is -0.430. The van der Waals surface area contributed by atoms with Crippen LogP contribution in [-0.4, -0.2) is 32.4 Å². The Balaban J connectivity index is 2.70. The number of aliphatic hydroxyl groups excluding tert-OH is 1. The molecule has 0 aromatic heterocycles. The van der Waals surface area contributed by atoms with E-state index in [4.69, 9.17) is 4.74 Å². The Bertz CT molecular complexity index is 313. The van der Waals surface area contributed by atoms with Gasteiger partial charge in [0.2, 0.25) is 0 Å². The van der Waals surface area contributed by atoms with Gasteiger partial charge in [-0.2, -0.15) is 0 Å². The van der Waals surface area contributed by atoms with Crippen molar-refractivity contribution in [3.8, 4) is 0 Å². The minimum absolute atomic E-state index is 0.430. The van der Waals surface area contributed by atoms with Crippen LogP contribution in [-0.2, 0) is 4.74 Å². The van der Waals surface area contributed by atoms with Crippen LogP contribution in [0.3, 0.4) is 0 Å². The first-order chi connectivity index (χ1) is 7.66. The van der Waals surface area contributed by atoms with Crippen LogP contribution in [0, 0.1) is 0 Å². The van der Waals surface area contributed by atoms with Gasteiger partial charge in [-0.05, 0) is 19.4 Å². The van der Waals surface area contributed by atoms with Gasteiger partial charge in [-0.15, -0.1) is 0 Å². The molecular weight excluding hydrogens is 202 g/mol. The van der Waals surface area contributed by atoms with E-state index in [-0.39, 0.29) is 0 Å².